The first-order valence-corrected chi connectivity index (χ1v) is 5.43. The number of nitriles is 1. The molecule has 1 unspecified atom stereocenters. The van der Waals surface area contributed by atoms with Gasteiger partial charge in [-0.3, -0.25) is 4.79 Å². The van der Waals surface area contributed by atoms with Gasteiger partial charge in [0.25, 0.3) is 0 Å². The smallest absolute Gasteiger partial charge is 0.240 e. The molecule has 0 radical (unpaired) electrons. The Balaban J connectivity index is 2.37. The third-order valence-electron chi connectivity index (χ3n) is 2.80. The summed E-state index contributed by atoms with van der Waals surface area (Å²) in [6.45, 7) is 2.49. The highest BCUT2D eigenvalue weighted by atomic mass is 16.1. The maximum absolute atomic E-state index is 11.3. The van der Waals surface area contributed by atoms with Gasteiger partial charge in [-0.1, -0.05) is 0 Å². The normalized spacial score (nSPS) is 19.1. The molecule has 0 saturated carbocycles. The lowest BCUT2D eigenvalue weighted by Gasteiger charge is -2.22. The van der Waals surface area contributed by atoms with Crippen LogP contribution in [0, 0.1) is 18.3 Å². The van der Waals surface area contributed by atoms with Crippen molar-refractivity contribution in [3.8, 4) is 6.07 Å². The van der Waals surface area contributed by atoms with Crippen LogP contribution in [0.3, 0.4) is 0 Å². The number of anilines is 1. The van der Waals surface area contributed by atoms with Gasteiger partial charge in [0.15, 0.2) is 0 Å². The zero-order valence-corrected chi connectivity index (χ0v) is 9.55. The number of hydrogen-bond donors (Lipinski definition) is 1. The molecule has 6 heteroatoms. The molecule has 0 spiro atoms. The fourth-order valence-corrected chi connectivity index (χ4v) is 2.04. The van der Waals surface area contributed by atoms with Crippen molar-refractivity contribution in [2.45, 2.75) is 25.8 Å². The van der Waals surface area contributed by atoms with Crippen LogP contribution < -0.4 is 10.6 Å². The van der Waals surface area contributed by atoms with E-state index in [9.17, 15) is 4.79 Å². The van der Waals surface area contributed by atoms with E-state index in [4.69, 9.17) is 11.0 Å². The van der Waals surface area contributed by atoms with Crippen molar-refractivity contribution in [1.29, 1.82) is 5.26 Å². The molecule has 17 heavy (non-hydrogen) atoms. The molecule has 88 valence electrons. The number of aromatic nitrogens is 2. The molecule has 2 heterocycles. The summed E-state index contributed by atoms with van der Waals surface area (Å²) in [4.78, 5) is 21.4. The molecule has 1 aliphatic rings. The van der Waals surface area contributed by atoms with E-state index in [-0.39, 0.29) is 11.9 Å². The summed E-state index contributed by atoms with van der Waals surface area (Å²) in [6.07, 6.45) is 1.60. The van der Waals surface area contributed by atoms with E-state index in [1.807, 2.05) is 6.07 Å². The number of carbonyl (C=O) groups is 1. The van der Waals surface area contributed by atoms with Gasteiger partial charge in [0.2, 0.25) is 11.9 Å². The minimum absolute atomic E-state index is 0.308. The van der Waals surface area contributed by atoms with Gasteiger partial charge in [0, 0.05) is 12.2 Å². The third-order valence-corrected chi connectivity index (χ3v) is 2.80. The zero-order valence-electron chi connectivity index (χ0n) is 9.55. The van der Waals surface area contributed by atoms with Crippen molar-refractivity contribution in [1.82, 2.24) is 9.97 Å². The van der Waals surface area contributed by atoms with Crippen LogP contribution in [0.1, 0.15) is 24.2 Å². The molecule has 2 rings (SSSR count). The highest BCUT2D eigenvalue weighted by molar-refractivity contribution is 5.83. The van der Waals surface area contributed by atoms with Crippen LogP contribution in [-0.2, 0) is 4.79 Å². The summed E-state index contributed by atoms with van der Waals surface area (Å²) in [5, 5.41) is 8.85. The Morgan fingerprint density at radius 3 is 3.06 bits per heavy atom. The van der Waals surface area contributed by atoms with E-state index in [2.05, 4.69) is 9.97 Å². The SMILES string of the molecule is Cc1cc(C#N)nc(N2CCCC2C(N)=O)n1. The first-order valence-electron chi connectivity index (χ1n) is 5.43. The van der Waals surface area contributed by atoms with Gasteiger partial charge in [-0.15, -0.1) is 0 Å². The van der Waals surface area contributed by atoms with Crippen LogP contribution in [0.15, 0.2) is 6.07 Å². The molecule has 0 aliphatic carbocycles. The van der Waals surface area contributed by atoms with E-state index >= 15 is 0 Å². The van der Waals surface area contributed by atoms with Gasteiger partial charge in [0.05, 0.1) is 0 Å². The predicted octanol–water partition coefficient (Wildman–Crippen LogP) is 0.111. The summed E-state index contributed by atoms with van der Waals surface area (Å²) in [5.41, 5.74) is 6.35. The first kappa shape index (κ1) is 11.3. The first-order chi connectivity index (χ1) is 8.11. The molecule has 1 aromatic rings. The van der Waals surface area contributed by atoms with Crippen LogP contribution in [0.5, 0.6) is 0 Å². The number of hydrogen-bond acceptors (Lipinski definition) is 5. The predicted molar refractivity (Wildman–Crippen MR) is 61.0 cm³/mol. The van der Waals surface area contributed by atoms with Crippen molar-refractivity contribution in [2.75, 3.05) is 11.4 Å². The number of aryl methyl sites for hydroxylation is 1. The average Bonchev–Trinajstić information content (AvgIpc) is 2.77. The molecule has 1 saturated heterocycles. The molecule has 0 bridgehead atoms. The number of rotatable bonds is 2. The third kappa shape index (κ3) is 2.18. The molecular weight excluding hydrogens is 218 g/mol. The lowest BCUT2D eigenvalue weighted by atomic mass is 10.2. The summed E-state index contributed by atoms with van der Waals surface area (Å²) < 4.78 is 0. The van der Waals surface area contributed by atoms with E-state index < -0.39 is 0 Å². The molecule has 1 fully saturated rings. The summed E-state index contributed by atoms with van der Waals surface area (Å²) in [6, 6.07) is 3.23. The number of amides is 1. The molecular formula is C11H13N5O. The standard InChI is InChI=1S/C11H13N5O/c1-7-5-8(6-12)15-11(14-7)16-4-2-3-9(16)10(13)17/h5,9H,2-4H2,1H3,(H2,13,17). The number of primary amides is 1. The monoisotopic (exact) mass is 231 g/mol. The molecule has 1 atom stereocenters. The molecule has 2 N–H and O–H groups in total. The zero-order chi connectivity index (χ0) is 12.4. The fraction of sp³-hybridized carbons (Fsp3) is 0.455. The average molecular weight is 231 g/mol. The second-order valence-electron chi connectivity index (χ2n) is 4.06. The van der Waals surface area contributed by atoms with Crippen molar-refractivity contribution in [3.63, 3.8) is 0 Å². The van der Waals surface area contributed by atoms with Crippen LogP contribution in [-0.4, -0.2) is 28.5 Å². The van der Waals surface area contributed by atoms with Gasteiger partial charge in [0.1, 0.15) is 17.8 Å². The lowest BCUT2D eigenvalue weighted by Crippen LogP contribution is -2.41. The van der Waals surface area contributed by atoms with Crippen molar-refractivity contribution in [2.24, 2.45) is 5.73 Å². The van der Waals surface area contributed by atoms with Gasteiger partial charge >= 0.3 is 0 Å². The minimum atomic E-state index is -0.369. The van der Waals surface area contributed by atoms with Crippen LogP contribution in [0.2, 0.25) is 0 Å². The van der Waals surface area contributed by atoms with Gasteiger partial charge in [-0.05, 0) is 25.8 Å². The Hall–Kier alpha value is -2.16. The molecule has 0 aromatic carbocycles. The molecule has 6 nitrogen and oxygen atoms in total. The number of nitrogens with zero attached hydrogens (tertiary/aromatic N) is 4. The van der Waals surface area contributed by atoms with Gasteiger partial charge in [-0.2, -0.15) is 5.26 Å². The van der Waals surface area contributed by atoms with E-state index in [0.717, 1.165) is 6.42 Å². The summed E-state index contributed by atoms with van der Waals surface area (Å²) >= 11 is 0. The fourth-order valence-electron chi connectivity index (χ4n) is 2.04. The second-order valence-corrected chi connectivity index (χ2v) is 4.06. The van der Waals surface area contributed by atoms with Crippen molar-refractivity contribution < 1.29 is 4.79 Å². The van der Waals surface area contributed by atoms with Gasteiger partial charge in [-0.25, -0.2) is 9.97 Å². The summed E-state index contributed by atoms with van der Waals surface area (Å²) in [5.74, 6) is 0.0500. The van der Waals surface area contributed by atoms with Crippen LogP contribution in [0.4, 0.5) is 5.95 Å². The van der Waals surface area contributed by atoms with Crippen LogP contribution >= 0.6 is 0 Å². The Morgan fingerprint density at radius 2 is 2.41 bits per heavy atom. The van der Waals surface area contributed by atoms with Gasteiger partial charge < -0.3 is 10.6 Å². The topological polar surface area (TPSA) is 95.9 Å². The highest BCUT2D eigenvalue weighted by Gasteiger charge is 2.31. The molecule has 1 aliphatic heterocycles. The minimum Gasteiger partial charge on any atom is -0.368 e. The summed E-state index contributed by atoms with van der Waals surface area (Å²) in [7, 11) is 0. The quantitative estimate of drug-likeness (QED) is 0.779. The molecule has 1 amide bonds. The maximum Gasteiger partial charge on any atom is 0.240 e. The Bertz CT molecular complexity index is 493. The Morgan fingerprint density at radius 1 is 1.65 bits per heavy atom. The van der Waals surface area contributed by atoms with E-state index in [1.54, 1.807) is 17.9 Å². The molecule has 1 aromatic heterocycles. The largest absolute Gasteiger partial charge is 0.368 e. The maximum atomic E-state index is 11.3. The van der Waals surface area contributed by atoms with Crippen molar-refractivity contribution >= 4 is 11.9 Å². The van der Waals surface area contributed by atoms with Crippen molar-refractivity contribution in [3.05, 3.63) is 17.5 Å². The number of carbonyl (C=O) groups excluding carboxylic acids is 1. The van der Waals surface area contributed by atoms with Crippen LogP contribution in [0.25, 0.3) is 0 Å². The Labute approximate surface area is 99.1 Å². The highest BCUT2D eigenvalue weighted by Crippen LogP contribution is 2.22. The second kappa shape index (κ2) is 4.37. The van der Waals surface area contributed by atoms with E-state index in [1.165, 1.54) is 0 Å². The lowest BCUT2D eigenvalue weighted by molar-refractivity contribution is -0.119. The number of nitrogens with two attached hydrogens (primary N) is 1. The Kier molecular flexibility index (Phi) is 2.91. The van der Waals surface area contributed by atoms with E-state index in [0.29, 0.717) is 30.3 Å².